The molecular formula is C23H32ClN5O2. The van der Waals surface area contributed by atoms with Crippen molar-refractivity contribution in [2.75, 3.05) is 11.9 Å². The number of nitrogens with one attached hydrogen (secondary N) is 2. The van der Waals surface area contributed by atoms with Crippen LogP contribution in [-0.4, -0.2) is 38.6 Å². The van der Waals surface area contributed by atoms with Crippen LogP contribution in [0.2, 0.25) is 5.02 Å². The van der Waals surface area contributed by atoms with Crippen molar-refractivity contribution < 1.29 is 5.11 Å². The largest absolute Gasteiger partial charge is 0.390 e. The van der Waals surface area contributed by atoms with E-state index in [2.05, 4.69) is 41.5 Å². The first-order valence-corrected chi connectivity index (χ1v) is 11.4. The van der Waals surface area contributed by atoms with Crippen LogP contribution < -0.4 is 16.2 Å². The molecule has 8 heteroatoms. The van der Waals surface area contributed by atoms with Gasteiger partial charge in [-0.1, -0.05) is 32.4 Å². The zero-order valence-electron chi connectivity index (χ0n) is 18.4. The lowest BCUT2D eigenvalue weighted by Crippen LogP contribution is -2.58. The number of aliphatic hydroxyl groups is 1. The zero-order valence-corrected chi connectivity index (χ0v) is 19.1. The van der Waals surface area contributed by atoms with E-state index in [1.807, 2.05) is 12.1 Å². The molecule has 2 aromatic heterocycles. The summed E-state index contributed by atoms with van der Waals surface area (Å²) in [5.74, 6) is 1.94. The second kappa shape index (κ2) is 8.88. The summed E-state index contributed by atoms with van der Waals surface area (Å²) in [6, 6.07) is 4.12. The van der Waals surface area contributed by atoms with E-state index in [0.29, 0.717) is 48.0 Å². The van der Waals surface area contributed by atoms with Gasteiger partial charge in [0.2, 0.25) is 0 Å². The fraction of sp³-hybridized carbons (Fsp3) is 0.609. The molecule has 5 atom stereocenters. The average molecular weight is 446 g/mol. The number of nitrogens with zero attached hydrogens (tertiary/aromatic N) is 3. The van der Waals surface area contributed by atoms with Crippen molar-refractivity contribution in [2.45, 2.75) is 58.8 Å². The lowest BCUT2D eigenvalue weighted by atomic mass is 9.45. The predicted molar refractivity (Wildman–Crippen MR) is 122 cm³/mol. The summed E-state index contributed by atoms with van der Waals surface area (Å²) in [7, 11) is 0. The summed E-state index contributed by atoms with van der Waals surface area (Å²) < 4.78 is 1.23. The number of anilines is 1. The molecule has 2 heterocycles. The highest BCUT2D eigenvalue weighted by molar-refractivity contribution is 6.32. The SMILES string of the molecule is C[C@H]1[C@H]2C[C@H](C[C@H]1Nc1cnn(C[C@H](O)CNCc3ccncc3)c(=O)c1Cl)C2(C)C. The number of hydrogen-bond donors (Lipinski definition) is 3. The van der Waals surface area contributed by atoms with E-state index in [4.69, 9.17) is 11.6 Å². The monoisotopic (exact) mass is 445 g/mol. The van der Waals surface area contributed by atoms with E-state index in [1.165, 1.54) is 11.1 Å². The Labute approximate surface area is 188 Å². The van der Waals surface area contributed by atoms with Gasteiger partial charge in [-0.2, -0.15) is 5.10 Å². The molecule has 31 heavy (non-hydrogen) atoms. The van der Waals surface area contributed by atoms with Gasteiger partial charge in [0.1, 0.15) is 5.02 Å². The van der Waals surface area contributed by atoms with E-state index in [0.717, 1.165) is 12.0 Å². The molecule has 0 saturated heterocycles. The van der Waals surface area contributed by atoms with Crippen LogP contribution >= 0.6 is 11.6 Å². The molecule has 5 rings (SSSR count). The fourth-order valence-electron chi connectivity index (χ4n) is 5.38. The molecule has 0 radical (unpaired) electrons. The molecule has 168 valence electrons. The Balaban J connectivity index is 1.34. The van der Waals surface area contributed by atoms with Gasteiger partial charge in [0.25, 0.3) is 5.56 Å². The van der Waals surface area contributed by atoms with Crippen LogP contribution in [0.25, 0.3) is 0 Å². The van der Waals surface area contributed by atoms with Gasteiger partial charge in [0.15, 0.2) is 0 Å². The van der Waals surface area contributed by atoms with Crippen molar-refractivity contribution in [2.24, 2.45) is 23.2 Å². The highest BCUT2D eigenvalue weighted by atomic mass is 35.5. The maximum atomic E-state index is 12.7. The van der Waals surface area contributed by atoms with Crippen LogP contribution in [0.1, 0.15) is 39.2 Å². The lowest BCUT2D eigenvalue weighted by Gasteiger charge is -2.62. The van der Waals surface area contributed by atoms with Crippen molar-refractivity contribution >= 4 is 17.3 Å². The van der Waals surface area contributed by atoms with Crippen LogP contribution in [0.4, 0.5) is 5.69 Å². The Morgan fingerprint density at radius 1 is 1.32 bits per heavy atom. The van der Waals surface area contributed by atoms with Gasteiger partial charge in [-0.15, -0.1) is 0 Å². The predicted octanol–water partition coefficient (Wildman–Crippen LogP) is 2.93. The van der Waals surface area contributed by atoms with Gasteiger partial charge in [-0.05, 0) is 53.7 Å². The van der Waals surface area contributed by atoms with E-state index >= 15 is 0 Å². The molecule has 0 unspecified atom stereocenters. The first kappa shape index (κ1) is 22.2. The average Bonchev–Trinajstić information content (AvgIpc) is 2.75. The Kier molecular flexibility index (Phi) is 6.37. The summed E-state index contributed by atoms with van der Waals surface area (Å²) in [6.45, 7) is 8.06. The smallest absolute Gasteiger partial charge is 0.287 e. The number of hydrogen-bond acceptors (Lipinski definition) is 6. The van der Waals surface area contributed by atoms with Gasteiger partial charge in [0.05, 0.1) is 24.5 Å². The molecule has 3 N–H and O–H groups in total. The van der Waals surface area contributed by atoms with Gasteiger partial charge in [0, 0.05) is 31.5 Å². The van der Waals surface area contributed by atoms with E-state index in [9.17, 15) is 9.90 Å². The third-order valence-corrected chi connectivity index (χ3v) is 7.89. The van der Waals surface area contributed by atoms with Crippen LogP contribution in [0.3, 0.4) is 0 Å². The number of pyridine rings is 1. The first-order chi connectivity index (χ1) is 14.8. The van der Waals surface area contributed by atoms with Crippen molar-refractivity contribution in [1.29, 1.82) is 0 Å². The van der Waals surface area contributed by atoms with Crippen molar-refractivity contribution in [3.8, 4) is 0 Å². The third kappa shape index (κ3) is 4.49. The maximum Gasteiger partial charge on any atom is 0.287 e. The minimum atomic E-state index is -0.755. The summed E-state index contributed by atoms with van der Waals surface area (Å²) in [4.78, 5) is 16.7. The number of aliphatic hydroxyl groups excluding tert-OH is 1. The fourth-order valence-corrected chi connectivity index (χ4v) is 5.58. The van der Waals surface area contributed by atoms with Gasteiger partial charge >= 0.3 is 0 Å². The van der Waals surface area contributed by atoms with Gasteiger partial charge in [-0.3, -0.25) is 9.78 Å². The molecule has 3 fully saturated rings. The summed E-state index contributed by atoms with van der Waals surface area (Å²) in [5.41, 5.74) is 1.69. The number of rotatable bonds is 8. The minimum Gasteiger partial charge on any atom is -0.390 e. The van der Waals surface area contributed by atoms with Crippen LogP contribution in [0.5, 0.6) is 0 Å². The second-order valence-electron chi connectivity index (χ2n) is 9.71. The van der Waals surface area contributed by atoms with Crippen LogP contribution in [0.15, 0.2) is 35.5 Å². The number of halogens is 1. The van der Waals surface area contributed by atoms with Crippen LogP contribution in [0, 0.1) is 23.2 Å². The molecule has 3 saturated carbocycles. The molecule has 2 bridgehead atoms. The molecule has 0 spiro atoms. The van der Waals surface area contributed by atoms with Crippen molar-refractivity contribution in [3.63, 3.8) is 0 Å². The van der Waals surface area contributed by atoms with Gasteiger partial charge in [-0.25, -0.2) is 4.68 Å². The summed E-state index contributed by atoms with van der Waals surface area (Å²) >= 11 is 6.40. The first-order valence-electron chi connectivity index (χ1n) is 11.1. The molecule has 2 aromatic rings. The number of fused-ring (bicyclic) bond motifs is 2. The molecule has 0 amide bonds. The quantitative estimate of drug-likeness (QED) is 0.578. The summed E-state index contributed by atoms with van der Waals surface area (Å²) in [6.07, 6.45) is 6.70. The maximum absolute atomic E-state index is 12.7. The van der Waals surface area contributed by atoms with Crippen molar-refractivity contribution in [3.05, 3.63) is 51.7 Å². The van der Waals surface area contributed by atoms with E-state index in [1.54, 1.807) is 18.6 Å². The topological polar surface area (TPSA) is 92.1 Å². The molecule has 3 aliphatic carbocycles. The zero-order chi connectivity index (χ0) is 22.2. The molecule has 0 aromatic carbocycles. The van der Waals surface area contributed by atoms with Gasteiger partial charge < -0.3 is 15.7 Å². The van der Waals surface area contributed by atoms with Crippen molar-refractivity contribution in [1.82, 2.24) is 20.1 Å². The molecule has 7 nitrogen and oxygen atoms in total. The normalized spacial score (nSPS) is 27.4. The Morgan fingerprint density at radius 3 is 2.74 bits per heavy atom. The Bertz CT molecular complexity index is 964. The van der Waals surface area contributed by atoms with Crippen LogP contribution in [-0.2, 0) is 13.1 Å². The molecule has 0 aliphatic heterocycles. The molecular weight excluding hydrogens is 414 g/mol. The lowest BCUT2D eigenvalue weighted by molar-refractivity contribution is -0.105. The Morgan fingerprint density at radius 2 is 2.06 bits per heavy atom. The molecule has 3 aliphatic rings. The highest BCUT2D eigenvalue weighted by Gasteiger charge is 2.56. The number of aromatic nitrogens is 3. The second-order valence-corrected chi connectivity index (χ2v) is 10.1. The third-order valence-electron chi connectivity index (χ3n) is 7.52. The minimum absolute atomic E-state index is 0.0837. The van der Waals surface area contributed by atoms with E-state index in [-0.39, 0.29) is 17.1 Å². The van der Waals surface area contributed by atoms with E-state index < -0.39 is 6.10 Å². The highest BCUT2D eigenvalue weighted by Crippen LogP contribution is 2.61. The Hall–Kier alpha value is -1.96. The summed E-state index contributed by atoms with van der Waals surface area (Å²) in [5, 5.41) is 21.4. The standard InChI is InChI=1S/C23H32ClN5O2/c1-14-18-8-16(23(18,2)3)9-19(14)28-20-12-27-29(22(31)21(20)24)13-17(30)11-26-10-15-4-6-25-7-5-15/h4-7,12,14,16-19,26,28,30H,8-11,13H2,1-3H3/t14-,16+,17+,18+,19+/m0/s1.